The van der Waals surface area contributed by atoms with Crippen molar-refractivity contribution in [1.29, 1.82) is 0 Å². The topological polar surface area (TPSA) is 88.8 Å². The number of nitro groups is 1. The summed E-state index contributed by atoms with van der Waals surface area (Å²) in [5.74, 6) is 1.64. The van der Waals surface area contributed by atoms with Crippen molar-refractivity contribution in [2.75, 3.05) is 13.2 Å². The molecule has 2 aromatic carbocycles. The molecule has 0 aliphatic carbocycles. The second-order valence-corrected chi connectivity index (χ2v) is 6.39. The van der Waals surface area contributed by atoms with Crippen LogP contribution in [0.2, 0.25) is 0 Å². The average Bonchev–Trinajstić information content (AvgIpc) is 2.70. The zero-order chi connectivity index (χ0) is 19.1. The summed E-state index contributed by atoms with van der Waals surface area (Å²) >= 11 is 0. The van der Waals surface area contributed by atoms with Crippen molar-refractivity contribution in [2.45, 2.75) is 32.4 Å². The first-order valence-electron chi connectivity index (χ1n) is 9.17. The summed E-state index contributed by atoms with van der Waals surface area (Å²) in [5.41, 5.74) is 2.14. The molecule has 0 saturated carbocycles. The molecule has 1 heterocycles. The van der Waals surface area contributed by atoms with Crippen molar-refractivity contribution < 1.29 is 9.66 Å². The van der Waals surface area contributed by atoms with Crippen molar-refractivity contribution in [1.82, 2.24) is 10.6 Å². The maximum atomic E-state index is 10.8. The van der Waals surface area contributed by atoms with E-state index in [2.05, 4.69) is 28.6 Å². The van der Waals surface area contributed by atoms with E-state index >= 15 is 0 Å². The Hall–Kier alpha value is -2.36. The summed E-state index contributed by atoms with van der Waals surface area (Å²) < 4.78 is 5.72. The minimum atomic E-state index is -0.397. The summed E-state index contributed by atoms with van der Waals surface area (Å²) in [5, 5.41) is 17.6. The van der Waals surface area contributed by atoms with Gasteiger partial charge < -0.3 is 15.4 Å². The third-order valence-corrected chi connectivity index (χ3v) is 4.38. The molecule has 3 rings (SSSR count). The molecule has 1 aliphatic heterocycles. The van der Waals surface area contributed by atoms with Crippen LogP contribution in [0.25, 0.3) is 0 Å². The molecule has 28 heavy (non-hydrogen) atoms. The van der Waals surface area contributed by atoms with Gasteiger partial charge in [0.2, 0.25) is 0 Å². The van der Waals surface area contributed by atoms with Crippen LogP contribution in [-0.2, 0) is 6.54 Å². The van der Waals surface area contributed by atoms with E-state index in [9.17, 15) is 10.1 Å². The molecule has 1 aliphatic rings. The summed E-state index contributed by atoms with van der Waals surface area (Å²) in [6.45, 7) is 4.03. The van der Waals surface area contributed by atoms with Gasteiger partial charge in [0.15, 0.2) is 5.96 Å². The Morgan fingerprint density at radius 2 is 2.00 bits per heavy atom. The summed E-state index contributed by atoms with van der Waals surface area (Å²) in [6.07, 6.45) is 1.85. The molecule has 1 unspecified atom stereocenters. The minimum Gasteiger partial charge on any atom is -0.493 e. The van der Waals surface area contributed by atoms with Crippen molar-refractivity contribution >= 4 is 35.6 Å². The molecule has 0 aromatic heterocycles. The molecule has 0 radical (unpaired) electrons. The highest BCUT2D eigenvalue weighted by Gasteiger charge is 2.21. The summed E-state index contributed by atoms with van der Waals surface area (Å²) in [6, 6.07) is 14.7. The predicted octanol–water partition coefficient (Wildman–Crippen LogP) is 4.18. The smallest absolute Gasteiger partial charge is 0.269 e. The van der Waals surface area contributed by atoms with E-state index in [1.165, 1.54) is 12.1 Å². The van der Waals surface area contributed by atoms with Gasteiger partial charge in [0.05, 0.1) is 24.1 Å². The van der Waals surface area contributed by atoms with E-state index in [0.29, 0.717) is 13.2 Å². The minimum absolute atomic E-state index is 0. The van der Waals surface area contributed by atoms with Gasteiger partial charge in [0, 0.05) is 30.7 Å². The Labute approximate surface area is 181 Å². The third-order valence-electron chi connectivity index (χ3n) is 4.38. The van der Waals surface area contributed by atoms with Gasteiger partial charge >= 0.3 is 0 Å². The number of fused-ring (bicyclic) bond motifs is 1. The maximum absolute atomic E-state index is 10.8. The van der Waals surface area contributed by atoms with Crippen molar-refractivity contribution in [3.63, 3.8) is 0 Å². The second-order valence-electron chi connectivity index (χ2n) is 6.39. The van der Waals surface area contributed by atoms with Crippen LogP contribution < -0.4 is 15.4 Å². The predicted molar refractivity (Wildman–Crippen MR) is 120 cm³/mol. The Morgan fingerprint density at radius 3 is 2.71 bits per heavy atom. The third kappa shape index (κ3) is 5.82. The van der Waals surface area contributed by atoms with E-state index in [0.717, 1.165) is 42.2 Å². The van der Waals surface area contributed by atoms with Gasteiger partial charge in [-0.25, -0.2) is 4.99 Å². The standard InChI is InChI=1S/C20H24N4O3.HI/c1-2-12-21-20(22-14-15-7-9-16(10-8-15)24(25)26)23-18-11-13-27-19-6-4-3-5-17(18)19;/h3-10,18H,2,11-14H2,1H3,(H2,21,22,23);1H. The number of guanidine groups is 1. The van der Waals surface area contributed by atoms with Gasteiger partial charge in [-0.3, -0.25) is 10.1 Å². The van der Waals surface area contributed by atoms with Gasteiger partial charge in [0.25, 0.3) is 5.69 Å². The van der Waals surface area contributed by atoms with Gasteiger partial charge in [0.1, 0.15) is 5.75 Å². The van der Waals surface area contributed by atoms with Gasteiger partial charge in [-0.15, -0.1) is 24.0 Å². The molecule has 0 spiro atoms. The van der Waals surface area contributed by atoms with Crippen LogP contribution in [0, 0.1) is 10.1 Å². The van der Waals surface area contributed by atoms with Crippen molar-refractivity contribution in [3.8, 4) is 5.75 Å². The molecule has 2 aromatic rings. The first-order valence-corrected chi connectivity index (χ1v) is 9.17. The number of nitrogens with zero attached hydrogens (tertiary/aromatic N) is 2. The van der Waals surface area contributed by atoms with Crippen LogP contribution in [0.3, 0.4) is 0 Å². The quantitative estimate of drug-likeness (QED) is 0.206. The lowest BCUT2D eigenvalue weighted by molar-refractivity contribution is -0.384. The Morgan fingerprint density at radius 1 is 1.25 bits per heavy atom. The van der Waals surface area contributed by atoms with E-state index in [1.54, 1.807) is 12.1 Å². The molecule has 0 amide bonds. The van der Waals surface area contributed by atoms with Crippen LogP contribution in [0.15, 0.2) is 53.5 Å². The molecule has 1 atom stereocenters. The average molecular weight is 496 g/mol. The number of hydrogen-bond donors (Lipinski definition) is 2. The Kier molecular flexibility index (Phi) is 8.49. The maximum Gasteiger partial charge on any atom is 0.269 e. The number of nitro benzene ring substituents is 1. The molecular weight excluding hydrogens is 471 g/mol. The molecule has 7 nitrogen and oxygen atoms in total. The number of non-ortho nitro benzene ring substituents is 1. The zero-order valence-corrected chi connectivity index (χ0v) is 18.1. The monoisotopic (exact) mass is 496 g/mol. The number of nitrogens with one attached hydrogen (secondary N) is 2. The van der Waals surface area contributed by atoms with Crippen molar-refractivity contribution in [2.24, 2.45) is 4.99 Å². The van der Waals surface area contributed by atoms with Crippen LogP contribution >= 0.6 is 24.0 Å². The Balaban J connectivity index is 0.00000280. The molecule has 0 saturated heterocycles. The van der Waals surface area contributed by atoms with E-state index in [1.807, 2.05) is 18.2 Å². The summed E-state index contributed by atoms with van der Waals surface area (Å²) in [7, 11) is 0. The molecule has 150 valence electrons. The van der Waals surface area contributed by atoms with Crippen molar-refractivity contribution in [3.05, 3.63) is 69.8 Å². The number of benzene rings is 2. The number of para-hydroxylation sites is 1. The fourth-order valence-electron chi connectivity index (χ4n) is 2.95. The van der Waals surface area contributed by atoms with Gasteiger partial charge in [-0.1, -0.05) is 37.3 Å². The Bertz CT molecular complexity index is 811. The van der Waals surface area contributed by atoms with Crippen LogP contribution in [0.5, 0.6) is 5.75 Å². The number of ether oxygens (including phenoxy) is 1. The molecule has 0 fully saturated rings. The van der Waals surface area contributed by atoms with E-state index in [4.69, 9.17) is 4.74 Å². The molecule has 8 heteroatoms. The molecule has 0 bridgehead atoms. The largest absolute Gasteiger partial charge is 0.493 e. The number of aliphatic imine (C=N–C) groups is 1. The lowest BCUT2D eigenvalue weighted by atomic mass is 10.0. The highest BCUT2D eigenvalue weighted by molar-refractivity contribution is 14.0. The highest BCUT2D eigenvalue weighted by atomic mass is 127. The van der Waals surface area contributed by atoms with Gasteiger partial charge in [-0.2, -0.15) is 0 Å². The SMILES string of the molecule is CCCNC(=NCc1ccc([N+](=O)[O-])cc1)NC1CCOc2ccccc21.I. The fourth-order valence-corrected chi connectivity index (χ4v) is 2.95. The van der Waals surface area contributed by atoms with E-state index in [-0.39, 0.29) is 35.7 Å². The molecule has 2 N–H and O–H groups in total. The normalized spacial score (nSPS) is 15.6. The number of rotatable bonds is 6. The van der Waals surface area contributed by atoms with Crippen LogP contribution in [0.1, 0.15) is 36.9 Å². The van der Waals surface area contributed by atoms with Crippen LogP contribution in [-0.4, -0.2) is 24.0 Å². The second kappa shape index (κ2) is 10.8. The van der Waals surface area contributed by atoms with Crippen LogP contribution in [0.4, 0.5) is 5.69 Å². The lowest BCUT2D eigenvalue weighted by Crippen LogP contribution is -2.41. The summed E-state index contributed by atoms with van der Waals surface area (Å²) in [4.78, 5) is 15.0. The first-order chi connectivity index (χ1) is 13.2. The lowest BCUT2D eigenvalue weighted by Gasteiger charge is -2.28. The number of hydrogen-bond acceptors (Lipinski definition) is 4. The zero-order valence-electron chi connectivity index (χ0n) is 15.8. The fraction of sp³-hybridized carbons (Fsp3) is 0.350. The van der Waals surface area contributed by atoms with Gasteiger partial charge in [-0.05, 0) is 18.1 Å². The first kappa shape index (κ1) is 21.9. The van der Waals surface area contributed by atoms with E-state index < -0.39 is 4.92 Å². The number of halogens is 1. The highest BCUT2D eigenvalue weighted by Crippen LogP contribution is 2.31. The molecular formula is C20H25IN4O3.